The van der Waals surface area contributed by atoms with Crippen LogP contribution in [0.4, 0.5) is 0 Å². The lowest BCUT2D eigenvalue weighted by Gasteiger charge is -2.04. The summed E-state index contributed by atoms with van der Waals surface area (Å²) >= 11 is 0. The molecule has 4 heteroatoms. The molecule has 20 heavy (non-hydrogen) atoms. The van der Waals surface area contributed by atoms with Gasteiger partial charge in [0.2, 0.25) is 0 Å². The molecule has 0 aliphatic heterocycles. The van der Waals surface area contributed by atoms with E-state index in [0.29, 0.717) is 13.1 Å². The number of furan rings is 1. The van der Waals surface area contributed by atoms with Gasteiger partial charge in [-0.1, -0.05) is 0 Å². The molecule has 0 spiro atoms. The summed E-state index contributed by atoms with van der Waals surface area (Å²) in [6, 6.07) is 6.33. The molecule has 0 fully saturated rings. The molecule has 2 N–H and O–H groups in total. The van der Waals surface area contributed by atoms with E-state index in [-0.39, 0.29) is 0 Å². The Morgan fingerprint density at radius 3 is 2.60 bits per heavy atom. The van der Waals surface area contributed by atoms with Crippen molar-refractivity contribution in [3.05, 3.63) is 52.7 Å². The van der Waals surface area contributed by atoms with E-state index in [1.54, 1.807) is 0 Å². The topological polar surface area (TPSA) is 57.0 Å². The third kappa shape index (κ3) is 2.12. The second-order valence-corrected chi connectivity index (χ2v) is 5.30. The molecule has 104 valence electrons. The Morgan fingerprint density at radius 1 is 1.15 bits per heavy atom. The molecular weight excluding hydrogens is 250 g/mol. The molecule has 0 radical (unpaired) electrons. The number of aromatic nitrogens is 2. The van der Waals surface area contributed by atoms with Crippen molar-refractivity contribution in [3.63, 3.8) is 0 Å². The quantitative estimate of drug-likeness (QED) is 0.795. The van der Waals surface area contributed by atoms with Crippen LogP contribution in [0, 0.1) is 20.8 Å². The lowest BCUT2D eigenvalue weighted by atomic mass is 10.1. The first-order valence-corrected chi connectivity index (χ1v) is 6.79. The van der Waals surface area contributed by atoms with Crippen LogP contribution in [-0.2, 0) is 13.1 Å². The van der Waals surface area contributed by atoms with Crippen LogP contribution in [0.2, 0.25) is 0 Å². The van der Waals surface area contributed by atoms with E-state index in [1.807, 2.05) is 19.3 Å². The number of benzene rings is 1. The van der Waals surface area contributed by atoms with Gasteiger partial charge in [0.25, 0.3) is 0 Å². The summed E-state index contributed by atoms with van der Waals surface area (Å²) in [6.07, 6.45) is 1.86. The number of nitrogens with two attached hydrogens (primary N) is 1. The molecule has 2 aromatic heterocycles. The van der Waals surface area contributed by atoms with E-state index in [2.05, 4.69) is 35.5 Å². The van der Waals surface area contributed by atoms with Crippen molar-refractivity contribution in [2.45, 2.75) is 33.9 Å². The highest BCUT2D eigenvalue weighted by Gasteiger charge is 2.09. The van der Waals surface area contributed by atoms with Gasteiger partial charge in [-0.2, -0.15) is 0 Å². The van der Waals surface area contributed by atoms with Crippen molar-refractivity contribution in [1.82, 2.24) is 9.55 Å². The fourth-order valence-electron chi connectivity index (χ4n) is 2.48. The fourth-order valence-corrected chi connectivity index (χ4v) is 2.48. The van der Waals surface area contributed by atoms with Gasteiger partial charge in [-0.25, -0.2) is 4.98 Å². The highest BCUT2D eigenvalue weighted by Crippen LogP contribution is 2.21. The summed E-state index contributed by atoms with van der Waals surface area (Å²) in [5.41, 5.74) is 11.5. The van der Waals surface area contributed by atoms with Crippen LogP contribution in [-0.4, -0.2) is 9.55 Å². The maximum atomic E-state index is 5.75. The third-order valence-electron chi connectivity index (χ3n) is 3.85. The molecule has 0 saturated heterocycles. The second kappa shape index (κ2) is 4.80. The lowest BCUT2D eigenvalue weighted by molar-refractivity contribution is 0.470. The van der Waals surface area contributed by atoms with Crippen molar-refractivity contribution in [3.8, 4) is 0 Å². The van der Waals surface area contributed by atoms with Crippen LogP contribution >= 0.6 is 0 Å². The van der Waals surface area contributed by atoms with E-state index in [1.165, 1.54) is 11.1 Å². The summed E-state index contributed by atoms with van der Waals surface area (Å²) in [7, 11) is 0. The third-order valence-corrected chi connectivity index (χ3v) is 3.85. The van der Waals surface area contributed by atoms with Crippen molar-refractivity contribution in [1.29, 1.82) is 0 Å². The number of aryl methyl sites for hydroxylation is 3. The van der Waals surface area contributed by atoms with Gasteiger partial charge < -0.3 is 14.7 Å². The second-order valence-electron chi connectivity index (χ2n) is 5.30. The monoisotopic (exact) mass is 269 g/mol. The van der Waals surface area contributed by atoms with Crippen LogP contribution in [0.1, 0.15) is 28.2 Å². The Balaban J connectivity index is 2.00. The SMILES string of the molecule is Cc1cc2ncn(Cc3cc(CN)c(C)o3)c2cc1C. The molecule has 0 bridgehead atoms. The first-order valence-electron chi connectivity index (χ1n) is 6.79. The highest BCUT2D eigenvalue weighted by molar-refractivity contribution is 5.77. The van der Waals surface area contributed by atoms with Gasteiger partial charge in [0, 0.05) is 12.1 Å². The molecule has 4 nitrogen and oxygen atoms in total. The van der Waals surface area contributed by atoms with Gasteiger partial charge >= 0.3 is 0 Å². The average molecular weight is 269 g/mol. The van der Waals surface area contributed by atoms with Crippen LogP contribution in [0.5, 0.6) is 0 Å². The van der Waals surface area contributed by atoms with Crippen molar-refractivity contribution < 1.29 is 4.42 Å². The molecule has 1 aromatic carbocycles. The van der Waals surface area contributed by atoms with E-state index in [4.69, 9.17) is 10.2 Å². The van der Waals surface area contributed by atoms with Crippen molar-refractivity contribution in [2.75, 3.05) is 0 Å². The van der Waals surface area contributed by atoms with Crippen LogP contribution in [0.15, 0.2) is 28.9 Å². The molecule has 3 aromatic rings. The molecule has 0 atom stereocenters. The number of hydrogen-bond acceptors (Lipinski definition) is 3. The Bertz CT molecular complexity index is 767. The lowest BCUT2D eigenvalue weighted by Crippen LogP contribution is -1.97. The fraction of sp³-hybridized carbons (Fsp3) is 0.312. The van der Waals surface area contributed by atoms with E-state index in [0.717, 1.165) is 28.1 Å². The zero-order valence-electron chi connectivity index (χ0n) is 12.1. The van der Waals surface area contributed by atoms with Gasteiger partial charge in [-0.05, 0) is 50.1 Å². The zero-order valence-corrected chi connectivity index (χ0v) is 12.1. The minimum absolute atomic E-state index is 0.512. The number of fused-ring (bicyclic) bond motifs is 1. The first kappa shape index (κ1) is 12.9. The molecule has 0 unspecified atom stereocenters. The van der Waals surface area contributed by atoms with Gasteiger partial charge in [-0.15, -0.1) is 0 Å². The zero-order chi connectivity index (χ0) is 14.3. The molecule has 0 aliphatic rings. The number of imidazole rings is 1. The Labute approximate surface area is 118 Å². The first-order chi connectivity index (χ1) is 9.58. The van der Waals surface area contributed by atoms with Gasteiger partial charge in [0.15, 0.2) is 0 Å². The number of hydrogen-bond donors (Lipinski definition) is 1. The maximum Gasteiger partial charge on any atom is 0.124 e. The summed E-state index contributed by atoms with van der Waals surface area (Å²) in [5.74, 6) is 1.82. The highest BCUT2D eigenvalue weighted by atomic mass is 16.3. The standard InChI is InChI=1S/C16H19N3O/c1-10-4-15-16(5-11(10)2)19(9-18-15)8-14-6-13(7-17)12(3)20-14/h4-6,9H,7-8,17H2,1-3H3. The Morgan fingerprint density at radius 2 is 1.90 bits per heavy atom. The predicted molar refractivity (Wildman–Crippen MR) is 79.6 cm³/mol. The smallest absolute Gasteiger partial charge is 0.124 e. The van der Waals surface area contributed by atoms with Crippen LogP contribution in [0.3, 0.4) is 0 Å². The predicted octanol–water partition coefficient (Wildman–Crippen LogP) is 3.06. The Kier molecular flexibility index (Phi) is 3.10. The van der Waals surface area contributed by atoms with E-state index < -0.39 is 0 Å². The summed E-state index contributed by atoms with van der Waals surface area (Å²) in [4.78, 5) is 4.46. The minimum atomic E-state index is 0.512. The minimum Gasteiger partial charge on any atom is -0.464 e. The summed E-state index contributed by atoms with van der Waals surface area (Å²) < 4.78 is 7.86. The van der Waals surface area contributed by atoms with Gasteiger partial charge in [-0.3, -0.25) is 0 Å². The molecule has 3 rings (SSSR count). The molecular formula is C16H19N3O. The van der Waals surface area contributed by atoms with E-state index in [9.17, 15) is 0 Å². The summed E-state index contributed by atoms with van der Waals surface area (Å²) in [6.45, 7) is 7.37. The molecule has 0 saturated carbocycles. The number of nitrogens with zero attached hydrogens (tertiary/aromatic N) is 2. The van der Waals surface area contributed by atoms with Gasteiger partial charge in [0.05, 0.1) is 23.9 Å². The van der Waals surface area contributed by atoms with E-state index >= 15 is 0 Å². The van der Waals surface area contributed by atoms with Crippen LogP contribution < -0.4 is 5.73 Å². The average Bonchev–Trinajstić information content (AvgIpc) is 2.95. The number of rotatable bonds is 3. The molecule has 0 amide bonds. The van der Waals surface area contributed by atoms with Crippen molar-refractivity contribution in [2.24, 2.45) is 5.73 Å². The summed E-state index contributed by atoms with van der Waals surface area (Å²) in [5, 5.41) is 0. The van der Waals surface area contributed by atoms with Gasteiger partial charge in [0.1, 0.15) is 11.5 Å². The van der Waals surface area contributed by atoms with Crippen molar-refractivity contribution >= 4 is 11.0 Å². The normalized spacial score (nSPS) is 11.4. The molecule has 2 heterocycles. The Hall–Kier alpha value is -2.07. The largest absolute Gasteiger partial charge is 0.464 e. The van der Waals surface area contributed by atoms with Crippen LogP contribution in [0.25, 0.3) is 11.0 Å². The maximum absolute atomic E-state index is 5.75. The molecule has 0 aliphatic carbocycles.